The van der Waals surface area contributed by atoms with E-state index < -0.39 is 17.8 Å². The van der Waals surface area contributed by atoms with Crippen molar-refractivity contribution in [1.29, 1.82) is 0 Å². The maximum atomic E-state index is 14.3. The van der Waals surface area contributed by atoms with Gasteiger partial charge >= 0.3 is 0 Å². The van der Waals surface area contributed by atoms with Gasteiger partial charge in [-0.05, 0) is 37.1 Å². The second kappa shape index (κ2) is 12.3. The van der Waals surface area contributed by atoms with Crippen LogP contribution in [-0.2, 0) is 22.6 Å². The van der Waals surface area contributed by atoms with E-state index in [2.05, 4.69) is 5.32 Å². The van der Waals surface area contributed by atoms with Crippen molar-refractivity contribution in [2.24, 2.45) is 0 Å². The molecule has 2 aromatic rings. The van der Waals surface area contributed by atoms with E-state index in [9.17, 15) is 14.0 Å². The molecule has 0 heterocycles. The fourth-order valence-corrected chi connectivity index (χ4v) is 3.98. The van der Waals surface area contributed by atoms with Crippen LogP contribution in [0.4, 0.5) is 4.39 Å². The average Bonchev–Trinajstić information content (AvgIpc) is 2.72. The Labute approximate surface area is 197 Å². The lowest BCUT2D eigenvalue weighted by molar-refractivity contribution is -0.141. The number of carbonyl (C=O) groups excluding carboxylic acids is 2. The topological polar surface area (TPSA) is 49.4 Å². The molecule has 1 unspecified atom stereocenters. The zero-order chi connectivity index (χ0) is 23.0. The van der Waals surface area contributed by atoms with Crippen molar-refractivity contribution >= 4 is 46.6 Å². The van der Waals surface area contributed by atoms with Crippen molar-refractivity contribution in [3.63, 3.8) is 0 Å². The van der Waals surface area contributed by atoms with E-state index >= 15 is 0 Å². The van der Waals surface area contributed by atoms with Crippen molar-refractivity contribution in [3.8, 4) is 0 Å². The summed E-state index contributed by atoms with van der Waals surface area (Å²) in [5, 5.41) is 3.80. The second-order valence-electron chi connectivity index (χ2n) is 7.17. The van der Waals surface area contributed by atoms with E-state index in [1.807, 2.05) is 13.8 Å². The molecule has 1 atom stereocenters. The van der Waals surface area contributed by atoms with Gasteiger partial charge in [-0.1, -0.05) is 67.2 Å². The first-order valence-electron chi connectivity index (χ1n) is 10.2. The molecule has 0 saturated carbocycles. The van der Waals surface area contributed by atoms with Crippen molar-refractivity contribution in [1.82, 2.24) is 10.2 Å². The molecule has 0 aromatic heterocycles. The van der Waals surface area contributed by atoms with E-state index in [-0.39, 0.29) is 29.5 Å². The Kier molecular flexibility index (Phi) is 10.1. The summed E-state index contributed by atoms with van der Waals surface area (Å²) >= 11 is 18.7. The predicted molar refractivity (Wildman–Crippen MR) is 124 cm³/mol. The molecule has 0 aliphatic carbocycles. The minimum absolute atomic E-state index is 0.0170. The van der Waals surface area contributed by atoms with Crippen LogP contribution < -0.4 is 5.32 Å². The Morgan fingerprint density at radius 3 is 2.13 bits per heavy atom. The summed E-state index contributed by atoms with van der Waals surface area (Å²) in [6.07, 6.45) is 1.85. The molecule has 0 saturated heterocycles. The van der Waals surface area contributed by atoms with Crippen molar-refractivity contribution in [3.05, 3.63) is 68.4 Å². The molecule has 2 rings (SSSR count). The number of nitrogens with one attached hydrogen (secondary N) is 1. The number of benzene rings is 2. The number of nitrogens with zero attached hydrogens (tertiary/aromatic N) is 1. The fourth-order valence-electron chi connectivity index (χ4n) is 3.23. The number of hydrogen-bond donors (Lipinski definition) is 1. The van der Waals surface area contributed by atoms with Gasteiger partial charge in [0.05, 0.1) is 6.42 Å². The highest BCUT2D eigenvalue weighted by atomic mass is 35.5. The van der Waals surface area contributed by atoms with Gasteiger partial charge in [0.25, 0.3) is 0 Å². The molecule has 0 bridgehead atoms. The summed E-state index contributed by atoms with van der Waals surface area (Å²) in [4.78, 5) is 27.6. The number of hydrogen-bond acceptors (Lipinski definition) is 2. The van der Waals surface area contributed by atoms with Crippen LogP contribution >= 0.6 is 34.8 Å². The predicted octanol–water partition coefficient (Wildman–Crippen LogP) is 6.05. The van der Waals surface area contributed by atoms with E-state index in [0.717, 1.165) is 12.8 Å². The minimum atomic E-state index is -0.762. The van der Waals surface area contributed by atoms with Crippen LogP contribution in [0.5, 0.6) is 0 Å². The van der Waals surface area contributed by atoms with Gasteiger partial charge in [-0.3, -0.25) is 9.59 Å². The number of carbonyl (C=O) groups is 2. The Hall–Kier alpha value is -1.82. The van der Waals surface area contributed by atoms with Crippen LogP contribution in [-0.4, -0.2) is 29.3 Å². The summed E-state index contributed by atoms with van der Waals surface area (Å²) in [5.41, 5.74) is 0.615. The molecule has 168 valence electrons. The summed E-state index contributed by atoms with van der Waals surface area (Å²) in [7, 11) is 0. The van der Waals surface area contributed by atoms with Gasteiger partial charge in [0.2, 0.25) is 11.8 Å². The molecule has 2 aromatic carbocycles. The molecule has 4 nitrogen and oxygen atoms in total. The molecule has 31 heavy (non-hydrogen) atoms. The second-order valence-corrected chi connectivity index (χ2v) is 8.39. The lowest BCUT2D eigenvalue weighted by atomic mass is 10.1. The maximum Gasteiger partial charge on any atom is 0.242 e. The van der Waals surface area contributed by atoms with Crippen LogP contribution in [0.15, 0.2) is 36.4 Å². The standard InChI is InChI=1S/C23H26Cl3FN2O2/c1-3-5-12-28-23(31)21(4-2)29(14-16-18(25)8-6-9-19(16)26)22(30)13-15-17(24)10-7-11-20(15)27/h6-11,21H,3-5,12-14H2,1-2H3,(H,28,31). The fraction of sp³-hybridized carbons (Fsp3) is 0.391. The monoisotopic (exact) mass is 486 g/mol. The zero-order valence-electron chi connectivity index (χ0n) is 17.6. The number of halogens is 4. The first-order chi connectivity index (χ1) is 14.8. The van der Waals surface area contributed by atoms with Crippen LogP contribution in [0, 0.1) is 5.82 Å². The van der Waals surface area contributed by atoms with Gasteiger partial charge in [-0.15, -0.1) is 0 Å². The quantitative estimate of drug-likeness (QED) is 0.415. The molecule has 0 fully saturated rings. The van der Waals surface area contributed by atoms with Gasteiger partial charge in [-0.25, -0.2) is 4.39 Å². The summed E-state index contributed by atoms with van der Waals surface area (Å²) in [6.45, 7) is 4.37. The van der Waals surface area contributed by atoms with Gasteiger partial charge in [0, 0.05) is 39.3 Å². The van der Waals surface area contributed by atoms with Crippen molar-refractivity contribution in [2.45, 2.75) is 52.1 Å². The molecule has 0 aliphatic rings. The highest BCUT2D eigenvalue weighted by molar-refractivity contribution is 6.36. The van der Waals surface area contributed by atoms with Gasteiger partial charge in [0.15, 0.2) is 0 Å². The molecule has 8 heteroatoms. The van der Waals surface area contributed by atoms with Crippen LogP contribution in [0.25, 0.3) is 0 Å². The average molecular weight is 488 g/mol. The normalized spacial score (nSPS) is 11.8. The smallest absolute Gasteiger partial charge is 0.242 e. The SMILES string of the molecule is CCCCNC(=O)C(CC)N(Cc1c(Cl)cccc1Cl)C(=O)Cc1c(F)cccc1Cl. The van der Waals surface area contributed by atoms with Crippen molar-refractivity contribution < 1.29 is 14.0 Å². The van der Waals surface area contributed by atoms with E-state index in [0.29, 0.717) is 28.6 Å². The van der Waals surface area contributed by atoms with E-state index in [1.54, 1.807) is 18.2 Å². The Morgan fingerprint density at radius 1 is 1.00 bits per heavy atom. The third-order valence-electron chi connectivity index (χ3n) is 5.00. The third kappa shape index (κ3) is 6.83. The lowest BCUT2D eigenvalue weighted by Crippen LogP contribution is -2.49. The zero-order valence-corrected chi connectivity index (χ0v) is 19.8. The molecule has 1 N–H and O–H groups in total. The Morgan fingerprint density at radius 2 is 1.58 bits per heavy atom. The van der Waals surface area contributed by atoms with Crippen LogP contribution in [0.2, 0.25) is 15.1 Å². The minimum Gasteiger partial charge on any atom is -0.354 e. The number of rotatable bonds is 10. The van der Waals surface area contributed by atoms with E-state index in [1.165, 1.54) is 23.1 Å². The summed E-state index contributed by atoms with van der Waals surface area (Å²) in [5.74, 6) is -1.29. The molecule has 0 radical (unpaired) electrons. The molecule has 0 spiro atoms. The molecule has 2 amide bonds. The van der Waals surface area contributed by atoms with Gasteiger partial charge < -0.3 is 10.2 Å². The van der Waals surface area contributed by atoms with Crippen LogP contribution in [0.1, 0.15) is 44.2 Å². The van der Waals surface area contributed by atoms with Crippen molar-refractivity contribution in [2.75, 3.05) is 6.54 Å². The maximum absolute atomic E-state index is 14.3. The first kappa shape index (κ1) is 25.4. The van der Waals surface area contributed by atoms with Crippen LogP contribution in [0.3, 0.4) is 0 Å². The largest absolute Gasteiger partial charge is 0.354 e. The Balaban J connectivity index is 2.38. The molecule has 0 aliphatic heterocycles. The summed E-state index contributed by atoms with van der Waals surface area (Å²) in [6, 6.07) is 8.53. The first-order valence-corrected chi connectivity index (χ1v) is 11.4. The number of amides is 2. The molecular formula is C23H26Cl3FN2O2. The highest BCUT2D eigenvalue weighted by Gasteiger charge is 2.30. The Bertz CT molecular complexity index is 883. The molecular weight excluding hydrogens is 462 g/mol. The van der Waals surface area contributed by atoms with Gasteiger partial charge in [-0.2, -0.15) is 0 Å². The van der Waals surface area contributed by atoms with E-state index in [4.69, 9.17) is 34.8 Å². The third-order valence-corrected chi connectivity index (χ3v) is 6.06. The van der Waals surface area contributed by atoms with Gasteiger partial charge in [0.1, 0.15) is 11.9 Å². The number of unbranched alkanes of at least 4 members (excludes halogenated alkanes) is 1. The lowest BCUT2D eigenvalue weighted by Gasteiger charge is -2.31. The highest BCUT2D eigenvalue weighted by Crippen LogP contribution is 2.28. The summed E-state index contributed by atoms with van der Waals surface area (Å²) < 4.78 is 14.3.